The van der Waals surface area contributed by atoms with Crippen molar-refractivity contribution < 1.29 is 0 Å². The predicted octanol–water partition coefficient (Wildman–Crippen LogP) is 3.76. The number of hydrogen-bond acceptors (Lipinski definition) is 0. The van der Waals surface area contributed by atoms with Crippen molar-refractivity contribution in [3.63, 3.8) is 0 Å². The average molecular weight is 289 g/mol. The van der Waals surface area contributed by atoms with Crippen LogP contribution in [-0.2, 0) is 0 Å². The first-order valence-corrected chi connectivity index (χ1v) is 12.6. The van der Waals surface area contributed by atoms with E-state index in [1.807, 2.05) is 3.33 Å². The van der Waals surface area contributed by atoms with Gasteiger partial charge >= 0.3 is 78.0 Å². The molecule has 0 aromatic heterocycles. The molecule has 0 unspecified atom stereocenters. The maximum Gasteiger partial charge on any atom is -0.147 e. The monoisotopic (exact) mass is 288 g/mol. The molecule has 12 heavy (non-hydrogen) atoms. The summed E-state index contributed by atoms with van der Waals surface area (Å²) in [6.45, 7) is 6.85. The van der Waals surface area contributed by atoms with E-state index >= 15 is 0 Å². The molecule has 0 saturated carbocycles. The van der Waals surface area contributed by atoms with Gasteiger partial charge in [0.25, 0.3) is 0 Å². The van der Waals surface area contributed by atoms with Crippen molar-refractivity contribution in [3.05, 3.63) is 20.0 Å². The Morgan fingerprint density at radius 3 is 1.67 bits per heavy atom. The van der Waals surface area contributed by atoms with E-state index in [0.29, 0.717) is 0 Å². The molecule has 1 rings (SSSR count). The second kappa shape index (κ2) is 4.76. The van der Waals surface area contributed by atoms with Gasteiger partial charge < -0.3 is 0 Å². The van der Waals surface area contributed by atoms with Crippen LogP contribution in [0.15, 0.2) is 20.0 Å². The summed E-state index contributed by atoms with van der Waals surface area (Å²) in [4.78, 5) is 0. The van der Waals surface area contributed by atoms with Crippen molar-refractivity contribution in [2.75, 3.05) is 0 Å². The Balaban J connectivity index is 0.00000121. The van der Waals surface area contributed by atoms with Gasteiger partial charge in [-0.1, -0.05) is 0 Å². The molecule has 0 aromatic carbocycles. The van der Waals surface area contributed by atoms with Crippen LogP contribution in [0.2, 0.25) is 9.36 Å². The third kappa shape index (κ3) is 2.32. The van der Waals surface area contributed by atoms with E-state index in [9.17, 15) is 0 Å². The molecule has 0 bridgehead atoms. The largest absolute Gasteiger partial charge is 0.147 e. The van der Waals surface area contributed by atoms with Gasteiger partial charge in [-0.25, -0.2) is 0 Å². The van der Waals surface area contributed by atoms with Gasteiger partial charge in [-0.2, -0.15) is 0 Å². The third-order valence-electron chi connectivity index (χ3n) is 2.84. The summed E-state index contributed by atoms with van der Waals surface area (Å²) in [5.74, 6) is 0. The van der Waals surface area contributed by atoms with Crippen LogP contribution in [-0.4, -0.2) is 21.4 Å². The molecule has 0 nitrogen and oxygen atoms in total. The van der Waals surface area contributed by atoms with Crippen molar-refractivity contribution in [2.24, 2.45) is 0 Å². The minimum Gasteiger partial charge on any atom is -0.147 e. The minimum absolute atomic E-state index is 0. The van der Waals surface area contributed by atoms with Crippen LogP contribution in [0.25, 0.3) is 0 Å². The van der Waals surface area contributed by atoms with Crippen LogP contribution in [0.4, 0.5) is 0 Å². The Hall–Kier alpha value is 0.640. The average Bonchev–Trinajstić information content (AvgIpc) is 2.17. The van der Waals surface area contributed by atoms with E-state index in [1.54, 1.807) is 16.7 Å². The van der Waals surface area contributed by atoms with Gasteiger partial charge in [0.2, 0.25) is 0 Å². The fourth-order valence-corrected chi connectivity index (χ4v) is 6.88. The minimum atomic E-state index is -1.16. The Morgan fingerprint density at radius 2 is 1.50 bits per heavy atom. The van der Waals surface area contributed by atoms with E-state index in [-0.39, 0.29) is 12.4 Å². The molecule has 0 radical (unpaired) electrons. The fraction of sp³-hybridized carbons (Fsp3) is 0.600. The van der Waals surface area contributed by atoms with Crippen molar-refractivity contribution in [1.82, 2.24) is 0 Å². The van der Waals surface area contributed by atoms with Crippen LogP contribution >= 0.6 is 12.4 Å². The predicted molar refractivity (Wildman–Crippen MR) is 60.4 cm³/mol. The zero-order valence-corrected chi connectivity index (χ0v) is 12.8. The molecule has 1 aliphatic rings. The number of hydrogen-bond donors (Lipinski definition) is 0. The van der Waals surface area contributed by atoms with Crippen LogP contribution in [0, 0.1) is 0 Å². The first-order chi connectivity index (χ1) is 5.04. The van der Waals surface area contributed by atoms with E-state index in [2.05, 4.69) is 30.1 Å². The van der Waals surface area contributed by atoms with Crippen molar-refractivity contribution in [1.29, 1.82) is 0 Å². The van der Waals surface area contributed by atoms with Gasteiger partial charge in [0.05, 0.1) is 0 Å². The molecular formula is C10H18ClIn. The van der Waals surface area contributed by atoms with E-state index in [4.69, 9.17) is 0 Å². The Labute approximate surface area is 90.1 Å². The summed E-state index contributed by atoms with van der Waals surface area (Å²) in [5, 5.41) is 0. The standard InChI is InChI=1S/C8H11.2CH3.ClH.In/c1-6-4-5-7(2)8(6)3;;;;/h4H2,1-3H3;2*1H3;1H;. The van der Waals surface area contributed by atoms with Crippen LogP contribution < -0.4 is 0 Å². The summed E-state index contributed by atoms with van der Waals surface area (Å²) in [5.41, 5.74) is 4.82. The van der Waals surface area contributed by atoms with Gasteiger partial charge in [0, 0.05) is 0 Å². The third-order valence-corrected chi connectivity index (χ3v) is 8.63. The van der Waals surface area contributed by atoms with Crippen LogP contribution in [0.3, 0.4) is 0 Å². The molecule has 0 heterocycles. The zero-order chi connectivity index (χ0) is 8.59. The summed E-state index contributed by atoms with van der Waals surface area (Å²) < 4.78 is 6.83. The molecule has 2 heteroatoms. The SMILES string of the molecule is CC1=C(C)C(C)=[C]([In]([CH3])[CH3])C1.Cl. The topological polar surface area (TPSA) is 0 Å². The molecule has 0 aliphatic heterocycles. The molecule has 0 amide bonds. The quantitative estimate of drug-likeness (QED) is 0.689. The molecule has 0 saturated heterocycles. The molecule has 0 atom stereocenters. The van der Waals surface area contributed by atoms with Gasteiger partial charge in [-0.05, 0) is 0 Å². The van der Waals surface area contributed by atoms with Gasteiger partial charge in [-0.15, -0.1) is 12.4 Å². The molecule has 0 fully saturated rings. The summed E-state index contributed by atoms with van der Waals surface area (Å²) in [6.07, 6.45) is 1.31. The van der Waals surface area contributed by atoms with Gasteiger partial charge in [0.15, 0.2) is 0 Å². The first-order valence-electron chi connectivity index (χ1n) is 4.40. The molecule has 0 aromatic rings. The molecule has 0 spiro atoms. The maximum absolute atomic E-state index is 2.49. The van der Waals surface area contributed by atoms with Crippen molar-refractivity contribution >= 4 is 33.8 Å². The molecule has 68 valence electrons. The summed E-state index contributed by atoms with van der Waals surface area (Å²) in [6, 6.07) is 0. The molecule has 1 aliphatic carbocycles. The van der Waals surface area contributed by atoms with Gasteiger partial charge in [0.1, 0.15) is 0 Å². The summed E-state index contributed by atoms with van der Waals surface area (Å²) in [7, 11) is 0. The van der Waals surface area contributed by atoms with E-state index < -0.39 is 21.4 Å². The Kier molecular flexibility index (Phi) is 5.01. The van der Waals surface area contributed by atoms with Crippen molar-refractivity contribution in [3.8, 4) is 0 Å². The first kappa shape index (κ1) is 12.6. The fourth-order valence-electron chi connectivity index (χ4n) is 1.75. The Morgan fingerprint density at radius 1 is 1.00 bits per heavy atom. The molecular weight excluding hydrogens is 270 g/mol. The maximum atomic E-state index is 2.49. The normalized spacial score (nSPS) is 16.8. The van der Waals surface area contributed by atoms with Gasteiger partial charge in [-0.3, -0.25) is 0 Å². The second-order valence-electron chi connectivity index (χ2n) is 3.89. The zero-order valence-electron chi connectivity index (χ0n) is 8.69. The van der Waals surface area contributed by atoms with Crippen LogP contribution in [0.1, 0.15) is 27.2 Å². The van der Waals surface area contributed by atoms with E-state index in [0.717, 1.165) is 0 Å². The van der Waals surface area contributed by atoms with E-state index in [1.165, 1.54) is 6.42 Å². The second-order valence-corrected chi connectivity index (χ2v) is 12.5. The smallest absolute Gasteiger partial charge is 0.147 e. The van der Waals surface area contributed by atoms with Crippen LogP contribution in [0.5, 0.6) is 0 Å². The number of rotatable bonds is 1. The molecule has 0 N–H and O–H groups in total. The number of allylic oxidation sites excluding steroid dienone is 4. The number of halogens is 1. The Bertz CT molecular complexity index is 236. The summed E-state index contributed by atoms with van der Waals surface area (Å²) >= 11 is -1.16. The van der Waals surface area contributed by atoms with Crippen molar-refractivity contribution in [2.45, 2.75) is 36.6 Å².